The predicted molar refractivity (Wildman–Crippen MR) is 67.2 cm³/mol. The molecule has 0 saturated heterocycles. The van der Waals surface area contributed by atoms with E-state index in [1.54, 1.807) is 0 Å². The highest BCUT2D eigenvalue weighted by Crippen LogP contribution is 2.31. The third kappa shape index (κ3) is 5.04. The lowest BCUT2D eigenvalue weighted by Crippen LogP contribution is -2.36. The van der Waals surface area contributed by atoms with Gasteiger partial charge < -0.3 is 15.2 Å². The Morgan fingerprint density at radius 3 is 2.56 bits per heavy atom. The van der Waals surface area contributed by atoms with Gasteiger partial charge in [-0.25, -0.2) is 0 Å². The van der Waals surface area contributed by atoms with E-state index in [4.69, 9.17) is 9.84 Å². The van der Waals surface area contributed by atoms with Crippen molar-refractivity contribution in [3.8, 4) is 0 Å². The van der Waals surface area contributed by atoms with Crippen LogP contribution in [-0.4, -0.2) is 35.7 Å². The van der Waals surface area contributed by atoms with Crippen LogP contribution in [0.25, 0.3) is 0 Å². The van der Waals surface area contributed by atoms with Gasteiger partial charge in [0.25, 0.3) is 0 Å². The Morgan fingerprint density at radius 1 is 1.33 bits per heavy atom. The SMILES string of the molecule is CC(C)(C)OCC(=O)NCC1CCCC1C(=O)O. The fourth-order valence-corrected chi connectivity index (χ4v) is 2.18. The molecule has 1 aliphatic carbocycles. The molecule has 0 heterocycles. The molecular weight excluding hydrogens is 234 g/mol. The van der Waals surface area contributed by atoms with Gasteiger partial charge in [-0.3, -0.25) is 9.59 Å². The Kier molecular flexibility index (Phi) is 5.14. The van der Waals surface area contributed by atoms with Crippen LogP contribution in [0, 0.1) is 11.8 Å². The van der Waals surface area contributed by atoms with Gasteiger partial charge in [-0.2, -0.15) is 0 Å². The van der Waals surface area contributed by atoms with Crippen LogP contribution in [0.2, 0.25) is 0 Å². The molecule has 0 aliphatic heterocycles. The second-order valence-corrected chi connectivity index (χ2v) is 5.84. The second kappa shape index (κ2) is 6.18. The van der Waals surface area contributed by atoms with Gasteiger partial charge in [0, 0.05) is 6.54 Å². The Bertz CT molecular complexity index is 309. The number of carboxylic acid groups (broad SMARTS) is 1. The number of hydrogen-bond donors (Lipinski definition) is 2. The first-order chi connectivity index (χ1) is 8.29. The van der Waals surface area contributed by atoms with Gasteiger partial charge in [-0.1, -0.05) is 6.42 Å². The number of hydrogen-bond acceptors (Lipinski definition) is 3. The topological polar surface area (TPSA) is 75.6 Å². The van der Waals surface area contributed by atoms with E-state index in [2.05, 4.69) is 5.32 Å². The second-order valence-electron chi connectivity index (χ2n) is 5.84. The summed E-state index contributed by atoms with van der Waals surface area (Å²) >= 11 is 0. The minimum absolute atomic E-state index is 0.0218. The van der Waals surface area contributed by atoms with Crippen LogP contribution in [0.15, 0.2) is 0 Å². The Hall–Kier alpha value is -1.10. The molecule has 104 valence electrons. The van der Waals surface area contributed by atoms with Crippen molar-refractivity contribution in [2.24, 2.45) is 11.8 Å². The van der Waals surface area contributed by atoms with Crippen molar-refractivity contribution in [3.05, 3.63) is 0 Å². The van der Waals surface area contributed by atoms with Crippen molar-refractivity contribution in [3.63, 3.8) is 0 Å². The molecule has 1 amide bonds. The molecule has 0 aromatic rings. The number of carboxylic acids is 1. The Labute approximate surface area is 108 Å². The van der Waals surface area contributed by atoms with E-state index >= 15 is 0 Å². The van der Waals surface area contributed by atoms with Crippen LogP contribution < -0.4 is 5.32 Å². The average molecular weight is 257 g/mol. The van der Waals surface area contributed by atoms with Crippen LogP contribution in [0.1, 0.15) is 40.0 Å². The van der Waals surface area contributed by atoms with E-state index in [1.807, 2.05) is 20.8 Å². The number of carbonyl (C=O) groups is 2. The highest BCUT2D eigenvalue weighted by atomic mass is 16.5. The number of amides is 1. The van der Waals surface area contributed by atoms with Gasteiger partial charge in [0.1, 0.15) is 6.61 Å². The summed E-state index contributed by atoms with van der Waals surface area (Å²) in [4.78, 5) is 22.5. The lowest BCUT2D eigenvalue weighted by molar-refractivity contribution is -0.143. The molecule has 18 heavy (non-hydrogen) atoms. The van der Waals surface area contributed by atoms with Crippen LogP contribution in [0.5, 0.6) is 0 Å². The minimum atomic E-state index is -0.752. The van der Waals surface area contributed by atoms with Crippen LogP contribution >= 0.6 is 0 Å². The molecule has 2 N–H and O–H groups in total. The molecule has 0 radical (unpaired) electrons. The summed E-state index contributed by atoms with van der Waals surface area (Å²) in [5.74, 6) is -1.19. The molecule has 2 atom stereocenters. The fraction of sp³-hybridized carbons (Fsp3) is 0.846. The summed E-state index contributed by atoms with van der Waals surface area (Å²) in [7, 11) is 0. The number of nitrogens with one attached hydrogen (secondary N) is 1. The highest BCUT2D eigenvalue weighted by Gasteiger charge is 2.32. The van der Waals surface area contributed by atoms with E-state index in [9.17, 15) is 9.59 Å². The van der Waals surface area contributed by atoms with Crippen molar-refractivity contribution in [1.29, 1.82) is 0 Å². The van der Waals surface area contributed by atoms with Gasteiger partial charge >= 0.3 is 5.97 Å². The van der Waals surface area contributed by atoms with Gasteiger partial charge in [0.15, 0.2) is 0 Å². The summed E-state index contributed by atoms with van der Waals surface area (Å²) in [6.07, 6.45) is 2.52. The summed E-state index contributed by atoms with van der Waals surface area (Å²) in [5, 5.41) is 11.8. The van der Waals surface area contributed by atoms with Gasteiger partial charge in [-0.15, -0.1) is 0 Å². The summed E-state index contributed by atoms with van der Waals surface area (Å²) in [5.41, 5.74) is -0.339. The first-order valence-electron chi connectivity index (χ1n) is 6.43. The first kappa shape index (κ1) is 15.0. The quantitative estimate of drug-likeness (QED) is 0.781. The standard InChI is InChI=1S/C13H23NO4/c1-13(2,3)18-8-11(15)14-7-9-5-4-6-10(9)12(16)17/h9-10H,4-8H2,1-3H3,(H,14,15)(H,16,17). The smallest absolute Gasteiger partial charge is 0.306 e. The molecule has 0 aromatic heterocycles. The average Bonchev–Trinajstić information content (AvgIpc) is 2.70. The summed E-state index contributed by atoms with van der Waals surface area (Å²) in [6.45, 7) is 6.12. The summed E-state index contributed by atoms with van der Waals surface area (Å²) < 4.78 is 5.35. The number of rotatable bonds is 5. The largest absolute Gasteiger partial charge is 0.481 e. The van der Waals surface area contributed by atoms with E-state index < -0.39 is 5.97 Å². The normalized spacial score (nSPS) is 23.9. The monoisotopic (exact) mass is 257 g/mol. The van der Waals surface area contributed by atoms with Crippen molar-refractivity contribution in [2.75, 3.05) is 13.2 Å². The summed E-state index contributed by atoms with van der Waals surface area (Å²) in [6, 6.07) is 0. The molecule has 1 fully saturated rings. The van der Waals surface area contributed by atoms with Crippen molar-refractivity contribution < 1.29 is 19.4 Å². The maximum absolute atomic E-state index is 11.5. The zero-order chi connectivity index (χ0) is 13.8. The highest BCUT2D eigenvalue weighted by molar-refractivity contribution is 5.77. The maximum Gasteiger partial charge on any atom is 0.306 e. The van der Waals surface area contributed by atoms with Gasteiger partial charge in [0.05, 0.1) is 11.5 Å². The molecule has 1 saturated carbocycles. The van der Waals surface area contributed by atoms with E-state index in [0.29, 0.717) is 13.0 Å². The molecule has 0 aromatic carbocycles. The molecular formula is C13H23NO4. The number of ether oxygens (including phenoxy) is 1. The van der Waals surface area contributed by atoms with Gasteiger partial charge in [-0.05, 0) is 39.5 Å². The van der Waals surface area contributed by atoms with Crippen LogP contribution in [-0.2, 0) is 14.3 Å². The van der Waals surface area contributed by atoms with Crippen molar-refractivity contribution in [1.82, 2.24) is 5.32 Å². The van der Waals surface area contributed by atoms with E-state index in [1.165, 1.54) is 0 Å². The third-order valence-corrected chi connectivity index (χ3v) is 3.17. The van der Waals surface area contributed by atoms with Crippen LogP contribution in [0.4, 0.5) is 0 Å². The zero-order valence-electron chi connectivity index (χ0n) is 11.4. The Morgan fingerprint density at radius 2 is 2.00 bits per heavy atom. The van der Waals surface area contributed by atoms with Crippen LogP contribution in [0.3, 0.4) is 0 Å². The minimum Gasteiger partial charge on any atom is -0.481 e. The molecule has 0 bridgehead atoms. The molecule has 1 aliphatic rings. The molecule has 2 unspecified atom stereocenters. The molecule has 1 rings (SSSR count). The third-order valence-electron chi connectivity index (χ3n) is 3.17. The molecule has 5 nitrogen and oxygen atoms in total. The first-order valence-corrected chi connectivity index (χ1v) is 6.43. The zero-order valence-corrected chi connectivity index (χ0v) is 11.4. The van der Waals surface area contributed by atoms with Crippen molar-refractivity contribution >= 4 is 11.9 Å². The van der Waals surface area contributed by atoms with E-state index in [0.717, 1.165) is 12.8 Å². The predicted octanol–water partition coefficient (Wildman–Crippen LogP) is 1.42. The fourth-order valence-electron chi connectivity index (χ4n) is 2.18. The molecule has 5 heteroatoms. The Balaban J connectivity index is 2.28. The maximum atomic E-state index is 11.5. The lowest BCUT2D eigenvalue weighted by atomic mass is 9.96. The number of aliphatic carboxylic acids is 1. The molecule has 0 spiro atoms. The van der Waals surface area contributed by atoms with E-state index in [-0.39, 0.29) is 30.0 Å². The van der Waals surface area contributed by atoms with Gasteiger partial charge in [0.2, 0.25) is 5.91 Å². The lowest BCUT2D eigenvalue weighted by Gasteiger charge is -2.20. The van der Waals surface area contributed by atoms with Crippen molar-refractivity contribution in [2.45, 2.75) is 45.6 Å². The number of carbonyl (C=O) groups excluding carboxylic acids is 1.